The summed E-state index contributed by atoms with van der Waals surface area (Å²) in [6.45, 7) is 0.108. The van der Waals surface area contributed by atoms with E-state index < -0.39 is 5.97 Å². The van der Waals surface area contributed by atoms with Crippen LogP contribution in [-0.2, 0) is 16.2 Å². The van der Waals surface area contributed by atoms with Gasteiger partial charge in [0.1, 0.15) is 12.3 Å². The zero-order chi connectivity index (χ0) is 27.0. The van der Waals surface area contributed by atoms with Crippen LogP contribution in [0.4, 0.5) is 10.8 Å². The van der Waals surface area contributed by atoms with Gasteiger partial charge in [-0.2, -0.15) is 0 Å². The van der Waals surface area contributed by atoms with Crippen molar-refractivity contribution in [3.8, 4) is 0 Å². The van der Waals surface area contributed by atoms with Crippen molar-refractivity contribution in [2.24, 2.45) is 5.16 Å². The summed E-state index contributed by atoms with van der Waals surface area (Å²) in [6, 6.07) is 35.8. The van der Waals surface area contributed by atoms with Crippen molar-refractivity contribution >= 4 is 45.4 Å². The summed E-state index contributed by atoms with van der Waals surface area (Å²) in [5.41, 5.74) is 5.04. The highest BCUT2D eigenvalue weighted by atomic mass is 35.5. The fourth-order valence-corrected chi connectivity index (χ4v) is 5.04. The maximum atomic E-state index is 11.9. The van der Waals surface area contributed by atoms with E-state index in [1.807, 2.05) is 54.6 Å². The number of carbonyl (C=O) groups is 1. The third-order valence-corrected chi connectivity index (χ3v) is 7.04. The van der Waals surface area contributed by atoms with Gasteiger partial charge in [0.15, 0.2) is 5.13 Å². The lowest BCUT2D eigenvalue weighted by molar-refractivity contribution is -0.129. The highest BCUT2D eigenvalue weighted by Gasteiger charge is 2.21. The number of anilines is 2. The maximum Gasteiger partial charge on any atom is 0.360 e. The van der Waals surface area contributed by atoms with Gasteiger partial charge in [-0.15, -0.1) is 11.3 Å². The molecule has 0 radical (unpaired) electrons. The summed E-state index contributed by atoms with van der Waals surface area (Å²) in [7, 11) is 0. The summed E-state index contributed by atoms with van der Waals surface area (Å²) in [5, 5.41) is 19.8. The highest BCUT2D eigenvalue weighted by molar-refractivity contribution is 7.14. The summed E-state index contributed by atoms with van der Waals surface area (Å²) < 4.78 is 0. The number of aliphatic carboxylic acids is 1. The molecule has 1 heterocycles. The maximum absolute atomic E-state index is 11.9. The predicted molar refractivity (Wildman–Crippen MR) is 156 cm³/mol. The van der Waals surface area contributed by atoms with Crippen LogP contribution in [0.2, 0.25) is 5.02 Å². The minimum absolute atomic E-state index is 0.00653. The molecular weight excluding hydrogens is 530 g/mol. The number of aromatic nitrogens is 1. The van der Waals surface area contributed by atoms with E-state index in [2.05, 4.69) is 45.8 Å². The van der Waals surface area contributed by atoms with Gasteiger partial charge in [0, 0.05) is 22.0 Å². The topological polar surface area (TPSA) is 83.8 Å². The van der Waals surface area contributed by atoms with Crippen LogP contribution in [-0.4, -0.2) is 21.8 Å². The Morgan fingerprint density at radius 2 is 1.51 bits per heavy atom. The SMILES string of the molecule is O=C(O)C(=NOCc1ccc(Cl)cc1)c1csc(Nc2ccccc2C(c2ccccc2)c2ccccc2)n1. The number of para-hydroxylation sites is 1. The molecule has 194 valence electrons. The van der Waals surface area contributed by atoms with Crippen molar-refractivity contribution < 1.29 is 14.7 Å². The van der Waals surface area contributed by atoms with E-state index in [4.69, 9.17) is 16.4 Å². The average Bonchev–Trinajstić information content (AvgIpc) is 3.42. The van der Waals surface area contributed by atoms with Crippen molar-refractivity contribution in [1.82, 2.24) is 4.98 Å². The van der Waals surface area contributed by atoms with Gasteiger partial charge in [0.2, 0.25) is 5.71 Å². The fraction of sp³-hybridized carbons (Fsp3) is 0.0645. The number of benzene rings is 4. The number of nitrogens with zero attached hydrogens (tertiary/aromatic N) is 2. The Labute approximate surface area is 235 Å². The minimum atomic E-state index is -1.23. The predicted octanol–water partition coefficient (Wildman–Crippen LogP) is 7.73. The Morgan fingerprint density at radius 3 is 2.15 bits per heavy atom. The molecule has 0 amide bonds. The Balaban J connectivity index is 1.40. The van der Waals surface area contributed by atoms with Crippen molar-refractivity contribution in [2.75, 3.05) is 5.32 Å². The molecule has 0 spiro atoms. The average molecular weight is 554 g/mol. The lowest BCUT2D eigenvalue weighted by atomic mass is 9.84. The molecule has 0 saturated heterocycles. The van der Waals surface area contributed by atoms with Crippen LogP contribution < -0.4 is 5.32 Å². The van der Waals surface area contributed by atoms with Crippen LogP contribution in [0, 0.1) is 0 Å². The molecule has 5 aromatic rings. The molecule has 0 saturated carbocycles. The van der Waals surface area contributed by atoms with Crippen molar-refractivity contribution in [3.05, 3.63) is 148 Å². The Kier molecular flexibility index (Phi) is 8.31. The summed E-state index contributed by atoms with van der Waals surface area (Å²) in [5.74, 6) is -1.23. The Hall–Kier alpha value is -4.46. The van der Waals surface area contributed by atoms with Gasteiger partial charge in [0.05, 0.1) is 0 Å². The van der Waals surface area contributed by atoms with Crippen LogP contribution in [0.3, 0.4) is 0 Å². The summed E-state index contributed by atoms with van der Waals surface area (Å²) >= 11 is 7.21. The molecule has 0 unspecified atom stereocenters. The van der Waals surface area contributed by atoms with Crippen molar-refractivity contribution in [2.45, 2.75) is 12.5 Å². The molecule has 8 heteroatoms. The van der Waals surface area contributed by atoms with Crippen molar-refractivity contribution in [3.63, 3.8) is 0 Å². The Morgan fingerprint density at radius 1 is 0.897 bits per heavy atom. The number of nitrogens with one attached hydrogen (secondary N) is 1. The molecule has 39 heavy (non-hydrogen) atoms. The first-order valence-electron chi connectivity index (χ1n) is 12.2. The van der Waals surface area contributed by atoms with Crippen LogP contribution in [0.25, 0.3) is 0 Å². The quantitative estimate of drug-likeness (QED) is 0.105. The molecule has 6 nitrogen and oxygen atoms in total. The minimum Gasteiger partial charge on any atom is -0.476 e. The smallest absolute Gasteiger partial charge is 0.360 e. The van der Waals surface area contributed by atoms with Crippen LogP contribution in [0.5, 0.6) is 0 Å². The van der Waals surface area contributed by atoms with Gasteiger partial charge in [0.25, 0.3) is 0 Å². The monoisotopic (exact) mass is 553 g/mol. The van der Waals surface area contributed by atoms with Gasteiger partial charge in [-0.25, -0.2) is 9.78 Å². The molecule has 2 N–H and O–H groups in total. The first-order valence-corrected chi connectivity index (χ1v) is 13.4. The summed E-state index contributed by atoms with van der Waals surface area (Å²) in [4.78, 5) is 21.8. The number of carboxylic acid groups (broad SMARTS) is 1. The van der Waals surface area contributed by atoms with E-state index in [0.29, 0.717) is 10.2 Å². The number of halogens is 1. The first kappa shape index (κ1) is 26.2. The molecule has 0 fully saturated rings. The van der Waals surface area contributed by atoms with E-state index in [1.54, 1.807) is 29.6 Å². The number of rotatable bonds is 10. The molecule has 4 aromatic carbocycles. The molecule has 5 rings (SSSR count). The number of hydrogen-bond acceptors (Lipinski definition) is 6. The first-order chi connectivity index (χ1) is 19.1. The van der Waals surface area contributed by atoms with E-state index in [-0.39, 0.29) is 23.9 Å². The number of hydrogen-bond donors (Lipinski definition) is 2. The van der Waals surface area contributed by atoms with Gasteiger partial charge < -0.3 is 15.3 Å². The normalized spacial score (nSPS) is 11.4. The second kappa shape index (κ2) is 12.4. The molecule has 0 atom stereocenters. The van der Waals surface area contributed by atoms with Gasteiger partial charge in [-0.05, 0) is 40.5 Å². The van der Waals surface area contributed by atoms with Gasteiger partial charge >= 0.3 is 5.97 Å². The largest absolute Gasteiger partial charge is 0.476 e. The molecule has 0 bridgehead atoms. The van der Waals surface area contributed by atoms with Gasteiger partial charge in [-0.3, -0.25) is 0 Å². The number of carboxylic acids is 1. The van der Waals surface area contributed by atoms with Crippen molar-refractivity contribution in [1.29, 1.82) is 0 Å². The number of thiazole rings is 1. The molecule has 0 aliphatic carbocycles. The Bertz CT molecular complexity index is 1530. The van der Waals surface area contributed by atoms with E-state index in [0.717, 1.165) is 27.9 Å². The fourth-order valence-electron chi connectivity index (χ4n) is 4.21. The zero-order valence-corrected chi connectivity index (χ0v) is 22.3. The van der Waals surface area contributed by atoms with Crippen LogP contribution in [0.15, 0.2) is 120 Å². The summed E-state index contributed by atoms with van der Waals surface area (Å²) in [6.07, 6.45) is 0. The van der Waals surface area contributed by atoms with Crippen LogP contribution in [0.1, 0.15) is 33.9 Å². The lowest BCUT2D eigenvalue weighted by Crippen LogP contribution is -2.15. The molecule has 0 aliphatic rings. The van der Waals surface area contributed by atoms with Gasteiger partial charge in [-0.1, -0.05) is 108 Å². The zero-order valence-electron chi connectivity index (χ0n) is 20.7. The van der Waals surface area contributed by atoms with Crippen LogP contribution >= 0.6 is 22.9 Å². The lowest BCUT2D eigenvalue weighted by Gasteiger charge is -2.22. The third kappa shape index (κ3) is 6.52. The van der Waals surface area contributed by atoms with E-state index in [9.17, 15) is 9.90 Å². The third-order valence-electron chi connectivity index (χ3n) is 6.03. The van der Waals surface area contributed by atoms with E-state index >= 15 is 0 Å². The van der Waals surface area contributed by atoms with E-state index in [1.165, 1.54) is 11.3 Å². The molecular formula is C31H24ClN3O3S. The number of oxime groups is 1. The highest BCUT2D eigenvalue weighted by Crippen LogP contribution is 2.37. The standard InChI is InChI=1S/C31H24ClN3O3S/c32-24-17-15-21(16-18-24)19-38-35-29(30(36)37)27-20-39-31(34-27)33-26-14-8-7-13-25(26)28(22-9-3-1-4-10-22)23-11-5-2-6-12-23/h1-18,20,28H,19H2,(H,33,34)(H,36,37). The second-order valence-corrected chi connectivity index (χ2v) is 9.94. The second-order valence-electron chi connectivity index (χ2n) is 8.65. The molecule has 0 aliphatic heterocycles. The molecule has 1 aromatic heterocycles.